The van der Waals surface area contributed by atoms with Gasteiger partial charge < -0.3 is 0 Å². The summed E-state index contributed by atoms with van der Waals surface area (Å²) in [7, 11) is 0. The Hall–Kier alpha value is -2.41. The third-order valence-corrected chi connectivity index (χ3v) is 2.06. The Morgan fingerprint density at radius 2 is 2.20 bits per heavy atom. The van der Waals surface area contributed by atoms with E-state index in [1.165, 1.54) is 0 Å². The van der Waals surface area contributed by atoms with Gasteiger partial charge in [-0.3, -0.25) is 15.1 Å². The molecule has 0 aliphatic rings. The van der Waals surface area contributed by atoms with E-state index in [-0.39, 0.29) is 0 Å². The van der Waals surface area contributed by atoms with Crippen LogP contribution >= 0.6 is 0 Å². The van der Waals surface area contributed by atoms with Crippen molar-refractivity contribution < 1.29 is 4.79 Å². The molecule has 1 N–H and O–H groups in total. The average Bonchev–Trinajstić information content (AvgIpc) is 2.28. The molecular formula is C11H7N3O. The summed E-state index contributed by atoms with van der Waals surface area (Å²) >= 11 is 0. The summed E-state index contributed by atoms with van der Waals surface area (Å²) in [6, 6.07) is 8.77. The maximum absolute atomic E-state index is 11.5. The molecule has 1 heterocycles. The van der Waals surface area contributed by atoms with Crippen molar-refractivity contribution in [3.8, 4) is 6.19 Å². The van der Waals surface area contributed by atoms with Gasteiger partial charge in [0.15, 0.2) is 6.19 Å². The van der Waals surface area contributed by atoms with Gasteiger partial charge in [-0.2, -0.15) is 5.26 Å². The quantitative estimate of drug-likeness (QED) is 0.555. The molecule has 0 spiro atoms. The van der Waals surface area contributed by atoms with Crippen molar-refractivity contribution >= 4 is 16.8 Å². The molecule has 0 bridgehead atoms. The normalized spacial score (nSPS) is 9.53. The lowest BCUT2D eigenvalue weighted by molar-refractivity contribution is 0.0974. The first-order valence-electron chi connectivity index (χ1n) is 4.36. The first kappa shape index (κ1) is 9.16. The standard InChI is InChI=1S/C11H7N3O/c12-7-14-11(15)9-3-1-5-10-8(9)4-2-6-13-10/h1-6H,(H,14,15). The topological polar surface area (TPSA) is 65.8 Å². The molecule has 2 rings (SSSR count). The van der Waals surface area contributed by atoms with Gasteiger partial charge in [0.1, 0.15) is 0 Å². The van der Waals surface area contributed by atoms with Gasteiger partial charge in [-0.1, -0.05) is 12.1 Å². The predicted octanol–water partition coefficient (Wildman–Crippen LogP) is 1.45. The maximum Gasteiger partial charge on any atom is 0.264 e. The fraction of sp³-hybridized carbons (Fsp3) is 0. The van der Waals surface area contributed by atoms with Gasteiger partial charge in [-0.15, -0.1) is 0 Å². The van der Waals surface area contributed by atoms with Crippen LogP contribution in [0.2, 0.25) is 0 Å². The minimum Gasteiger partial charge on any atom is -0.268 e. The molecule has 0 radical (unpaired) electrons. The molecule has 1 amide bonds. The Bertz CT molecular complexity index is 552. The predicted molar refractivity (Wildman–Crippen MR) is 54.8 cm³/mol. The summed E-state index contributed by atoms with van der Waals surface area (Å²) < 4.78 is 0. The van der Waals surface area contributed by atoms with Gasteiger partial charge in [0, 0.05) is 17.1 Å². The van der Waals surface area contributed by atoms with Gasteiger partial charge in [-0.25, -0.2) is 0 Å². The highest BCUT2D eigenvalue weighted by Crippen LogP contribution is 2.15. The van der Waals surface area contributed by atoms with Crippen LogP contribution in [-0.2, 0) is 0 Å². The van der Waals surface area contributed by atoms with Crippen LogP contribution in [0.1, 0.15) is 10.4 Å². The number of amides is 1. The summed E-state index contributed by atoms with van der Waals surface area (Å²) in [6.07, 6.45) is 3.27. The fourth-order valence-corrected chi connectivity index (χ4v) is 1.42. The number of nitriles is 1. The Labute approximate surface area is 86.2 Å². The fourth-order valence-electron chi connectivity index (χ4n) is 1.42. The number of carbonyl (C=O) groups is 1. The van der Waals surface area contributed by atoms with Crippen LogP contribution in [0, 0.1) is 11.5 Å². The number of pyridine rings is 1. The lowest BCUT2D eigenvalue weighted by Crippen LogP contribution is -2.17. The van der Waals surface area contributed by atoms with Crippen LogP contribution < -0.4 is 5.32 Å². The summed E-state index contributed by atoms with van der Waals surface area (Å²) in [5.74, 6) is -0.406. The number of nitrogens with zero attached hydrogens (tertiary/aromatic N) is 2. The van der Waals surface area contributed by atoms with Crippen LogP contribution in [0.3, 0.4) is 0 Å². The number of nitrogens with one attached hydrogen (secondary N) is 1. The molecule has 15 heavy (non-hydrogen) atoms. The molecular weight excluding hydrogens is 190 g/mol. The average molecular weight is 197 g/mol. The Morgan fingerprint density at radius 1 is 1.33 bits per heavy atom. The minimum absolute atomic E-state index is 0.406. The third-order valence-electron chi connectivity index (χ3n) is 2.06. The lowest BCUT2D eigenvalue weighted by Gasteiger charge is -2.02. The second-order valence-corrected chi connectivity index (χ2v) is 2.94. The smallest absolute Gasteiger partial charge is 0.264 e. The van der Waals surface area contributed by atoms with E-state index in [0.717, 1.165) is 10.9 Å². The number of hydrogen-bond donors (Lipinski definition) is 1. The van der Waals surface area contributed by atoms with E-state index in [1.54, 1.807) is 36.7 Å². The first-order chi connectivity index (χ1) is 7.33. The molecule has 0 aliphatic heterocycles. The van der Waals surface area contributed by atoms with Crippen LogP contribution in [0.4, 0.5) is 0 Å². The molecule has 0 unspecified atom stereocenters. The van der Waals surface area contributed by atoms with E-state index in [1.807, 2.05) is 6.07 Å². The molecule has 0 fully saturated rings. The van der Waals surface area contributed by atoms with Gasteiger partial charge >= 0.3 is 0 Å². The van der Waals surface area contributed by atoms with Crippen LogP contribution in [0.15, 0.2) is 36.5 Å². The monoisotopic (exact) mass is 197 g/mol. The Kier molecular flexibility index (Phi) is 2.30. The second kappa shape index (κ2) is 3.76. The van der Waals surface area contributed by atoms with Crippen molar-refractivity contribution in [2.45, 2.75) is 0 Å². The number of rotatable bonds is 1. The van der Waals surface area contributed by atoms with Gasteiger partial charge in [0.05, 0.1) is 5.52 Å². The Balaban J connectivity index is 2.62. The molecule has 1 aromatic carbocycles. The number of carbonyl (C=O) groups excluding carboxylic acids is 1. The molecule has 0 saturated heterocycles. The second-order valence-electron chi connectivity index (χ2n) is 2.94. The van der Waals surface area contributed by atoms with E-state index < -0.39 is 5.91 Å². The van der Waals surface area contributed by atoms with Crippen molar-refractivity contribution in [3.05, 3.63) is 42.1 Å². The zero-order valence-corrected chi connectivity index (χ0v) is 7.77. The molecule has 72 valence electrons. The molecule has 0 saturated carbocycles. The maximum atomic E-state index is 11.5. The summed E-state index contributed by atoms with van der Waals surface area (Å²) in [4.78, 5) is 15.6. The largest absolute Gasteiger partial charge is 0.268 e. The van der Waals surface area contributed by atoms with Gasteiger partial charge in [0.25, 0.3) is 5.91 Å². The molecule has 2 aromatic rings. The lowest BCUT2D eigenvalue weighted by atomic mass is 10.1. The summed E-state index contributed by atoms with van der Waals surface area (Å²) in [6.45, 7) is 0. The molecule has 0 atom stereocenters. The summed E-state index contributed by atoms with van der Waals surface area (Å²) in [5, 5.41) is 11.2. The van der Waals surface area contributed by atoms with Gasteiger partial charge in [0.2, 0.25) is 0 Å². The number of hydrogen-bond acceptors (Lipinski definition) is 3. The zero-order valence-electron chi connectivity index (χ0n) is 7.77. The van der Waals surface area contributed by atoms with E-state index in [9.17, 15) is 4.79 Å². The zero-order chi connectivity index (χ0) is 10.7. The number of fused-ring (bicyclic) bond motifs is 1. The molecule has 4 nitrogen and oxygen atoms in total. The highest BCUT2D eigenvalue weighted by molar-refractivity contribution is 6.06. The summed E-state index contributed by atoms with van der Waals surface area (Å²) in [5.41, 5.74) is 1.20. The van der Waals surface area contributed by atoms with Crippen molar-refractivity contribution in [1.82, 2.24) is 10.3 Å². The molecule has 1 aromatic heterocycles. The van der Waals surface area contributed by atoms with E-state index in [0.29, 0.717) is 5.56 Å². The van der Waals surface area contributed by atoms with E-state index >= 15 is 0 Å². The highest BCUT2D eigenvalue weighted by Gasteiger charge is 2.08. The van der Waals surface area contributed by atoms with Crippen LogP contribution in [0.5, 0.6) is 0 Å². The van der Waals surface area contributed by atoms with Gasteiger partial charge in [-0.05, 0) is 18.2 Å². The van der Waals surface area contributed by atoms with Crippen molar-refractivity contribution in [2.75, 3.05) is 0 Å². The molecule has 0 aliphatic carbocycles. The van der Waals surface area contributed by atoms with E-state index in [4.69, 9.17) is 5.26 Å². The van der Waals surface area contributed by atoms with E-state index in [2.05, 4.69) is 10.3 Å². The van der Waals surface area contributed by atoms with Crippen LogP contribution in [-0.4, -0.2) is 10.9 Å². The highest BCUT2D eigenvalue weighted by atomic mass is 16.1. The van der Waals surface area contributed by atoms with Crippen molar-refractivity contribution in [1.29, 1.82) is 5.26 Å². The number of benzene rings is 1. The Morgan fingerprint density at radius 3 is 3.00 bits per heavy atom. The third kappa shape index (κ3) is 1.63. The van der Waals surface area contributed by atoms with Crippen LogP contribution in [0.25, 0.3) is 10.9 Å². The number of aromatic nitrogens is 1. The molecule has 4 heteroatoms. The van der Waals surface area contributed by atoms with Crippen molar-refractivity contribution in [2.24, 2.45) is 0 Å². The minimum atomic E-state index is -0.406. The van der Waals surface area contributed by atoms with Crippen molar-refractivity contribution in [3.63, 3.8) is 0 Å². The SMILES string of the molecule is N#CNC(=O)c1cccc2ncccc12. The first-order valence-corrected chi connectivity index (χ1v) is 4.36.